The summed E-state index contributed by atoms with van der Waals surface area (Å²) in [5.74, 6) is 3.08. The number of rotatable bonds is 15. The number of aliphatic hydroxyl groups excluding tert-OH is 2. The van der Waals surface area contributed by atoms with Crippen LogP contribution in [0, 0.1) is 29.1 Å². The van der Waals surface area contributed by atoms with Gasteiger partial charge in [-0.05, 0) is 68.6 Å². The number of carbonyl (C=O) groups excluding carboxylic acids is 1. The summed E-state index contributed by atoms with van der Waals surface area (Å²) in [6.07, 6.45) is 20.7. The molecule has 0 aliphatic heterocycles. The second-order valence-electron chi connectivity index (χ2n) is 11.3. The van der Waals surface area contributed by atoms with E-state index >= 15 is 0 Å². The number of aliphatic hydroxyl groups is 2. The van der Waals surface area contributed by atoms with Crippen molar-refractivity contribution in [2.75, 3.05) is 19.8 Å². The largest absolute Gasteiger partial charge is 0.462 e. The normalized spacial score (nSPS) is 27.6. The quantitative estimate of drug-likeness (QED) is 0.158. The molecule has 2 aliphatic rings. The summed E-state index contributed by atoms with van der Waals surface area (Å²) in [5.41, 5.74) is -0.292. The van der Waals surface area contributed by atoms with Crippen molar-refractivity contribution in [3.63, 3.8) is 0 Å². The van der Waals surface area contributed by atoms with Gasteiger partial charge in [-0.15, -0.1) is 0 Å². The van der Waals surface area contributed by atoms with Gasteiger partial charge in [0.25, 0.3) is 0 Å². The van der Waals surface area contributed by atoms with Crippen LogP contribution in [0.1, 0.15) is 117 Å². The van der Waals surface area contributed by atoms with E-state index < -0.39 is 5.97 Å². The zero-order chi connectivity index (χ0) is 24.1. The third-order valence-electron chi connectivity index (χ3n) is 8.85. The summed E-state index contributed by atoms with van der Waals surface area (Å²) in [6.45, 7) is 7.82. The second-order valence-corrected chi connectivity index (χ2v) is 11.3. The molecule has 0 aromatic rings. The van der Waals surface area contributed by atoms with Crippen molar-refractivity contribution in [1.29, 1.82) is 0 Å². The zero-order valence-electron chi connectivity index (χ0n) is 21.7. The molecular weight excluding hydrogens is 412 g/mol. The Balaban J connectivity index is 1.74. The Morgan fingerprint density at radius 2 is 1.42 bits per heavy atom. The van der Waals surface area contributed by atoms with Crippen molar-refractivity contribution in [2.24, 2.45) is 29.1 Å². The van der Waals surface area contributed by atoms with Crippen molar-refractivity contribution in [3.8, 4) is 0 Å². The molecule has 2 saturated carbocycles. The van der Waals surface area contributed by atoms with E-state index in [0.29, 0.717) is 0 Å². The van der Waals surface area contributed by atoms with E-state index in [1.165, 1.54) is 77.0 Å². The molecule has 0 amide bonds. The Morgan fingerprint density at radius 1 is 0.848 bits per heavy atom. The van der Waals surface area contributed by atoms with Crippen LogP contribution in [0.25, 0.3) is 0 Å². The molecule has 4 nitrogen and oxygen atoms in total. The van der Waals surface area contributed by atoms with Gasteiger partial charge in [-0.1, -0.05) is 78.2 Å². The first-order valence-corrected chi connectivity index (χ1v) is 14.0. The van der Waals surface area contributed by atoms with Crippen molar-refractivity contribution in [1.82, 2.24) is 0 Å². The molecule has 4 heteroatoms. The molecule has 33 heavy (non-hydrogen) atoms. The fourth-order valence-corrected chi connectivity index (χ4v) is 6.48. The lowest BCUT2D eigenvalue weighted by Gasteiger charge is -2.39. The van der Waals surface area contributed by atoms with Gasteiger partial charge in [0.1, 0.15) is 0 Å². The minimum atomic E-state index is -0.549. The van der Waals surface area contributed by atoms with E-state index in [4.69, 9.17) is 9.84 Å². The molecule has 0 radical (unpaired) electrons. The monoisotopic (exact) mass is 464 g/mol. The predicted molar refractivity (Wildman–Crippen MR) is 136 cm³/mol. The summed E-state index contributed by atoms with van der Waals surface area (Å²) in [5, 5.41) is 19.3. The van der Waals surface area contributed by atoms with Gasteiger partial charge in [-0.25, -0.2) is 4.79 Å². The van der Waals surface area contributed by atoms with E-state index in [1.807, 2.05) is 0 Å². The average molecular weight is 465 g/mol. The molecule has 2 rings (SSSR count). The van der Waals surface area contributed by atoms with Gasteiger partial charge in [0.15, 0.2) is 0 Å². The Labute approximate surface area is 203 Å². The van der Waals surface area contributed by atoms with Crippen molar-refractivity contribution in [2.45, 2.75) is 117 Å². The number of esters is 1. The summed E-state index contributed by atoms with van der Waals surface area (Å²) < 4.78 is 5.42. The van der Waals surface area contributed by atoms with E-state index in [2.05, 4.69) is 20.4 Å². The van der Waals surface area contributed by atoms with Crippen LogP contribution in [0.3, 0.4) is 0 Å². The standard InChI is InChI=1S/C29H52O4/c1-4-6-7-8-24-9-13-26(14-10-24)27-15-11-25(12-16-27)17-19-29(21-31,18-5-2)22-33-28(32)23(3)20-30/h24-27,30-31H,3-22H2,1-2H3. The average Bonchev–Trinajstić information content (AvgIpc) is 2.86. The lowest BCUT2D eigenvalue weighted by atomic mass is 9.67. The van der Waals surface area contributed by atoms with E-state index in [9.17, 15) is 9.90 Å². The summed E-state index contributed by atoms with van der Waals surface area (Å²) in [4.78, 5) is 12.0. The number of unbranched alkanes of at least 4 members (excludes halogenated alkanes) is 2. The second kappa shape index (κ2) is 15.2. The smallest absolute Gasteiger partial charge is 0.335 e. The first-order chi connectivity index (χ1) is 16.0. The van der Waals surface area contributed by atoms with Crippen LogP contribution in [-0.2, 0) is 9.53 Å². The van der Waals surface area contributed by atoms with Gasteiger partial charge < -0.3 is 14.9 Å². The fraction of sp³-hybridized carbons (Fsp3) is 0.897. The number of carbonyl (C=O) groups is 1. The molecule has 2 aliphatic carbocycles. The highest BCUT2D eigenvalue weighted by atomic mass is 16.5. The lowest BCUT2D eigenvalue weighted by molar-refractivity contribution is -0.144. The van der Waals surface area contributed by atoms with Gasteiger partial charge in [-0.3, -0.25) is 0 Å². The minimum absolute atomic E-state index is 0.0383. The van der Waals surface area contributed by atoms with Crippen LogP contribution in [-0.4, -0.2) is 36.0 Å². The van der Waals surface area contributed by atoms with Crippen LogP contribution in [0.4, 0.5) is 0 Å². The molecule has 2 N–H and O–H groups in total. The van der Waals surface area contributed by atoms with Gasteiger partial charge >= 0.3 is 5.97 Å². The number of ether oxygens (including phenoxy) is 1. The van der Waals surface area contributed by atoms with Crippen LogP contribution in [0.15, 0.2) is 12.2 Å². The predicted octanol–water partition coefficient (Wildman–Crippen LogP) is 6.83. The Morgan fingerprint density at radius 3 is 1.91 bits per heavy atom. The minimum Gasteiger partial charge on any atom is -0.462 e. The van der Waals surface area contributed by atoms with Crippen LogP contribution >= 0.6 is 0 Å². The third-order valence-corrected chi connectivity index (χ3v) is 8.85. The summed E-state index contributed by atoms with van der Waals surface area (Å²) >= 11 is 0. The van der Waals surface area contributed by atoms with Gasteiger partial charge in [0.2, 0.25) is 0 Å². The van der Waals surface area contributed by atoms with Crippen molar-refractivity contribution >= 4 is 5.97 Å². The van der Waals surface area contributed by atoms with Crippen molar-refractivity contribution < 1.29 is 19.7 Å². The van der Waals surface area contributed by atoms with E-state index in [-0.39, 0.29) is 30.8 Å². The first-order valence-electron chi connectivity index (χ1n) is 14.0. The topological polar surface area (TPSA) is 66.8 Å². The maximum Gasteiger partial charge on any atom is 0.335 e. The highest BCUT2D eigenvalue weighted by molar-refractivity contribution is 5.87. The molecule has 0 bridgehead atoms. The van der Waals surface area contributed by atoms with Crippen LogP contribution in [0.2, 0.25) is 0 Å². The van der Waals surface area contributed by atoms with Crippen LogP contribution < -0.4 is 0 Å². The number of hydrogen-bond donors (Lipinski definition) is 2. The molecular formula is C29H52O4. The molecule has 0 aromatic heterocycles. The summed E-state index contributed by atoms with van der Waals surface area (Å²) in [6, 6.07) is 0. The molecule has 2 fully saturated rings. The van der Waals surface area contributed by atoms with Crippen LogP contribution in [0.5, 0.6) is 0 Å². The SMILES string of the molecule is C=C(CO)C(=O)OCC(CO)(CCC)CCC1CCC(C2CCC(CCCCC)CC2)CC1. The van der Waals surface area contributed by atoms with Crippen molar-refractivity contribution in [3.05, 3.63) is 12.2 Å². The van der Waals surface area contributed by atoms with Gasteiger partial charge in [-0.2, -0.15) is 0 Å². The Hall–Kier alpha value is -0.870. The number of hydrogen-bond acceptors (Lipinski definition) is 4. The maximum absolute atomic E-state index is 12.0. The highest BCUT2D eigenvalue weighted by Gasteiger charge is 2.34. The highest BCUT2D eigenvalue weighted by Crippen LogP contribution is 2.44. The molecule has 0 saturated heterocycles. The van der Waals surface area contributed by atoms with Gasteiger partial charge in [0.05, 0.1) is 25.4 Å². The Bertz CT molecular complexity index is 558. The molecule has 192 valence electrons. The molecule has 0 aromatic carbocycles. The van der Waals surface area contributed by atoms with E-state index in [0.717, 1.165) is 49.4 Å². The third kappa shape index (κ3) is 9.36. The zero-order valence-corrected chi connectivity index (χ0v) is 21.7. The summed E-state index contributed by atoms with van der Waals surface area (Å²) in [7, 11) is 0. The lowest BCUT2D eigenvalue weighted by Crippen LogP contribution is -2.34. The molecule has 1 unspecified atom stereocenters. The molecule has 0 spiro atoms. The fourth-order valence-electron chi connectivity index (χ4n) is 6.48. The van der Waals surface area contributed by atoms with E-state index in [1.54, 1.807) is 0 Å². The van der Waals surface area contributed by atoms with Gasteiger partial charge in [0, 0.05) is 5.41 Å². The molecule has 1 atom stereocenters. The first kappa shape index (κ1) is 28.4. The molecule has 0 heterocycles. The maximum atomic E-state index is 12.0. The Kier molecular flexibility index (Phi) is 13.1.